The topological polar surface area (TPSA) is 28.6 Å². The predicted octanol–water partition coefficient (Wildman–Crippen LogP) is 4.33. The van der Waals surface area contributed by atoms with Gasteiger partial charge in [0.2, 0.25) is 0 Å². The summed E-state index contributed by atoms with van der Waals surface area (Å²) in [6.45, 7) is 10.4. The summed E-state index contributed by atoms with van der Waals surface area (Å²) in [7, 11) is 0. The third kappa shape index (κ3) is 5.17. The van der Waals surface area contributed by atoms with Gasteiger partial charge in [-0.25, -0.2) is 0 Å². The smallest absolute Gasteiger partial charge is 0.0702 e. The van der Waals surface area contributed by atoms with E-state index < -0.39 is 0 Å². The zero-order chi connectivity index (χ0) is 19.2. The van der Waals surface area contributed by atoms with Gasteiger partial charge in [-0.05, 0) is 60.7 Å². The van der Waals surface area contributed by atoms with Crippen molar-refractivity contribution < 1.29 is 4.74 Å². The molecule has 0 aliphatic carbocycles. The van der Waals surface area contributed by atoms with Crippen LogP contribution in [0.25, 0.3) is 10.9 Å². The van der Waals surface area contributed by atoms with Gasteiger partial charge in [0.05, 0.1) is 18.7 Å². The SMILES string of the molecule is Cc1ccsc1CN(CCCN1CCOCC1)Cc1ccc2ncccc2c1. The molecule has 1 aliphatic heterocycles. The molecule has 4 nitrogen and oxygen atoms in total. The van der Waals surface area contributed by atoms with Crippen LogP contribution in [-0.4, -0.2) is 54.2 Å². The van der Waals surface area contributed by atoms with Gasteiger partial charge in [0.1, 0.15) is 0 Å². The number of nitrogens with zero attached hydrogens (tertiary/aromatic N) is 3. The standard InChI is InChI=1S/C23H29N3OS/c1-19-7-15-28-23(19)18-26(10-3-9-25-11-13-27-14-12-25)17-20-5-6-22-21(16-20)4-2-8-24-22/h2,4-8,15-16H,3,9-14,17-18H2,1H3. The highest BCUT2D eigenvalue weighted by atomic mass is 32.1. The molecule has 0 unspecified atom stereocenters. The van der Waals surface area contributed by atoms with Crippen molar-refractivity contribution in [3.63, 3.8) is 0 Å². The summed E-state index contributed by atoms with van der Waals surface area (Å²) in [6, 6.07) is 13.1. The van der Waals surface area contributed by atoms with E-state index in [1.165, 1.54) is 27.8 Å². The van der Waals surface area contributed by atoms with E-state index in [9.17, 15) is 0 Å². The quantitative estimate of drug-likeness (QED) is 0.568. The van der Waals surface area contributed by atoms with Gasteiger partial charge >= 0.3 is 0 Å². The van der Waals surface area contributed by atoms with Crippen LogP contribution in [-0.2, 0) is 17.8 Å². The number of rotatable bonds is 8. The molecule has 0 spiro atoms. The number of ether oxygens (including phenoxy) is 1. The molecule has 3 aromatic rings. The lowest BCUT2D eigenvalue weighted by atomic mass is 10.1. The van der Waals surface area contributed by atoms with Crippen LogP contribution in [0, 0.1) is 6.92 Å². The number of aromatic nitrogens is 1. The molecule has 1 saturated heterocycles. The van der Waals surface area contributed by atoms with Crippen molar-refractivity contribution in [2.45, 2.75) is 26.4 Å². The molecule has 0 amide bonds. The third-order valence-corrected chi connectivity index (χ3v) is 6.47. The van der Waals surface area contributed by atoms with Crippen molar-refractivity contribution in [3.05, 3.63) is 64.0 Å². The Kier molecular flexibility index (Phi) is 6.70. The fraction of sp³-hybridized carbons (Fsp3) is 0.435. The molecule has 1 aromatic carbocycles. The van der Waals surface area contributed by atoms with Crippen LogP contribution in [0.4, 0.5) is 0 Å². The third-order valence-electron chi connectivity index (χ3n) is 5.46. The Morgan fingerprint density at radius 1 is 1.14 bits per heavy atom. The second-order valence-corrected chi connectivity index (χ2v) is 8.58. The average Bonchev–Trinajstić information content (AvgIpc) is 3.13. The molecule has 1 aliphatic rings. The van der Waals surface area contributed by atoms with E-state index >= 15 is 0 Å². The second-order valence-electron chi connectivity index (χ2n) is 7.58. The molecule has 1 fully saturated rings. The Bertz CT molecular complexity index is 888. The molecule has 5 heteroatoms. The zero-order valence-corrected chi connectivity index (χ0v) is 17.5. The van der Waals surface area contributed by atoms with Crippen LogP contribution in [0.1, 0.15) is 22.4 Å². The first-order valence-corrected chi connectivity index (χ1v) is 11.0. The molecule has 28 heavy (non-hydrogen) atoms. The first-order valence-electron chi connectivity index (χ1n) is 10.2. The van der Waals surface area contributed by atoms with Gasteiger partial charge in [-0.15, -0.1) is 11.3 Å². The molecule has 0 radical (unpaired) electrons. The molecule has 0 atom stereocenters. The number of morpholine rings is 1. The van der Waals surface area contributed by atoms with E-state index in [0.29, 0.717) is 0 Å². The van der Waals surface area contributed by atoms with Gasteiger partial charge < -0.3 is 4.74 Å². The van der Waals surface area contributed by atoms with Gasteiger partial charge in [0.15, 0.2) is 0 Å². The average molecular weight is 396 g/mol. The van der Waals surface area contributed by atoms with Gasteiger partial charge in [0.25, 0.3) is 0 Å². The largest absolute Gasteiger partial charge is 0.379 e. The van der Waals surface area contributed by atoms with Crippen LogP contribution >= 0.6 is 11.3 Å². The Morgan fingerprint density at radius 2 is 2.04 bits per heavy atom. The fourth-order valence-corrected chi connectivity index (χ4v) is 4.75. The normalized spacial score (nSPS) is 15.5. The van der Waals surface area contributed by atoms with Crippen LogP contribution < -0.4 is 0 Å². The van der Waals surface area contributed by atoms with Crippen LogP contribution in [0.3, 0.4) is 0 Å². The Hall–Kier alpha value is -1.79. The van der Waals surface area contributed by atoms with Crippen LogP contribution in [0.15, 0.2) is 48.0 Å². The fourth-order valence-electron chi connectivity index (χ4n) is 3.81. The van der Waals surface area contributed by atoms with Crippen molar-refractivity contribution in [3.8, 4) is 0 Å². The van der Waals surface area contributed by atoms with Crippen molar-refractivity contribution in [2.24, 2.45) is 0 Å². The van der Waals surface area contributed by atoms with Crippen LogP contribution in [0.2, 0.25) is 0 Å². The predicted molar refractivity (Wildman–Crippen MR) is 117 cm³/mol. The first-order chi connectivity index (χ1) is 13.8. The van der Waals surface area contributed by atoms with E-state index in [1.807, 2.05) is 23.6 Å². The lowest BCUT2D eigenvalue weighted by molar-refractivity contribution is 0.0359. The summed E-state index contributed by atoms with van der Waals surface area (Å²) < 4.78 is 5.47. The highest BCUT2D eigenvalue weighted by molar-refractivity contribution is 7.10. The number of hydrogen-bond acceptors (Lipinski definition) is 5. The van der Waals surface area contributed by atoms with Crippen molar-refractivity contribution in [2.75, 3.05) is 39.4 Å². The van der Waals surface area contributed by atoms with E-state index in [2.05, 4.69) is 57.4 Å². The minimum absolute atomic E-state index is 0.878. The minimum Gasteiger partial charge on any atom is -0.379 e. The summed E-state index contributed by atoms with van der Waals surface area (Å²) in [5, 5.41) is 3.43. The van der Waals surface area contributed by atoms with E-state index in [1.54, 1.807) is 0 Å². The molecule has 0 bridgehead atoms. The monoisotopic (exact) mass is 395 g/mol. The van der Waals surface area contributed by atoms with Crippen molar-refractivity contribution in [1.82, 2.24) is 14.8 Å². The molecular formula is C23H29N3OS. The number of hydrogen-bond donors (Lipinski definition) is 0. The van der Waals surface area contributed by atoms with Crippen molar-refractivity contribution in [1.29, 1.82) is 0 Å². The van der Waals surface area contributed by atoms with E-state index in [0.717, 1.165) is 58.0 Å². The molecule has 0 N–H and O–H groups in total. The van der Waals surface area contributed by atoms with E-state index in [-0.39, 0.29) is 0 Å². The molecule has 4 rings (SSSR count). The maximum atomic E-state index is 5.47. The number of fused-ring (bicyclic) bond motifs is 1. The Labute approximate surface area is 171 Å². The van der Waals surface area contributed by atoms with Gasteiger partial charge in [-0.3, -0.25) is 14.8 Å². The van der Waals surface area contributed by atoms with Gasteiger partial charge in [-0.2, -0.15) is 0 Å². The number of pyridine rings is 1. The summed E-state index contributed by atoms with van der Waals surface area (Å²) in [5.74, 6) is 0. The zero-order valence-electron chi connectivity index (χ0n) is 16.6. The van der Waals surface area contributed by atoms with E-state index in [4.69, 9.17) is 4.74 Å². The van der Waals surface area contributed by atoms with Crippen LogP contribution in [0.5, 0.6) is 0 Å². The Morgan fingerprint density at radius 3 is 2.86 bits per heavy atom. The maximum absolute atomic E-state index is 5.47. The minimum atomic E-state index is 0.878. The molecule has 0 saturated carbocycles. The summed E-state index contributed by atoms with van der Waals surface area (Å²) in [4.78, 5) is 11.0. The Balaban J connectivity index is 1.42. The summed E-state index contributed by atoms with van der Waals surface area (Å²) >= 11 is 1.87. The highest BCUT2D eigenvalue weighted by Crippen LogP contribution is 2.21. The number of benzene rings is 1. The maximum Gasteiger partial charge on any atom is 0.0702 e. The summed E-state index contributed by atoms with van der Waals surface area (Å²) in [6.07, 6.45) is 3.05. The molecular weight excluding hydrogens is 366 g/mol. The van der Waals surface area contributed by atoms with Gasteiger partial charge in [-0.1, -0.05) is 12.1 Å². The highest BCUT2D eigenvalue weighted by Gasteiger charge is 2.13. The van der Waals surface area contributed by atoms with Gasteiger partial charge in [0, 0.05) is 49.2 Å². The second kappa shape index (κ2) is 9.61. The molecule has 3 heterocycles. The summed E-state index contributed by atoms with van der Waals surface area (Å²) in [5.41, 5.74) is 3.84. The lowest BCUT2D eigenvalue weighted by Crippen LogP contribution is -2.38. The molecule has 2 aromatic heterocycles. The number of thiophene rings is 1. The lowest BCUT2D eigenvalue weighted by Gasteiger charge is -2.28. The number of aryl methyl sites for hydroxylation is 1. The molecule has 148 valence electrons. The van der Waals surface area contributed by atoms with Crippen molar-refractivity contribution >= 4 is 22.2 Å². The first kappa shape index (κ1) is 19.5.